The molecular formula is C25H24ClN5O2. The Labute approximate surface area is 196 Å². The highest BCUT2D eigenvalue weighted by atomic mass is 35.5. The van der Waals surface area contributed by atoms with Crippen molar-refractivity contribution >= 4 is 34.5 Å². The van der Waals surface area contributed by atoms with Crippen molar-refractivity contribution in [2.45, 2.75) is 25.3 Å². The van der Waals surface area contributed by atoms with Crippen LogP contribution in [0.1, 0.15) is 30.0 Å². The fourth-order valence-electron chi connectivity index (χ4n) is 4.37. The van der Waals surface area contributed by atoms with Gasteiger partial charge < -0.3 is 20.3 Å². The van der Waals surface area contributed by atoms with Crippen LogP contribution in [0.2, 0.25) is 5.02 Å². The average Bonchev–Trinajstić information content (AvgIpc) is 3.29. The number of H-pyrrole nitrogens is 1. The zero-order valence-electron chi connectivity index (χ0n) is 18.0. The van der Waals surface area contributed by atoms with Crippen molar-refractivity contribution in [1.29, 1.82) is 0 Å². The minimum Gasteiger partial charge on any atom is -0.465 e. The Balaban J connectivity index is 1.42. The summed E-state index contributed by atoms with van der Waals surface area (Å²) in [6.07, 6.45) is 2.47. The summed E-state index contributed by atoms with van der Waals surface area (Å²) in [5.74, 6) is 1.02. The van der Waals surface area contributed by atoms with Crippen molar-refractivity contribution in [3.63, 3.8) is 0 Å². The molecule has 0 aliphatic carbocycles. The molecule has 33 heavy (non-hydrogen) atoms. The van der Waals surface area contributed by atoms with Gasteiger partial charge in [-0.05, 0) is 42.7 Å². The van der Waals surface area contributed by atoms with Crippen LogP contribution in [-0.2, 0) is 6.54 Å². The number of carbonyl (C=O) groups is 1. The maximum Gasteiger partial charge on any atom is 0.407 e. The van der Waals surface area contributed by atoms with Crippen LogP contribution in [0.4, 0.5) is 10.6 Å². The molecule has 1 fully saturated rings. The molecule has 0 radical (unpaired) electrons. The molecule has 1 aliphatic rings. The number of amides is 1. The van der Waals surface area contributed by atoms with E-state index in [4.69, 9.17) is 16.6 Å². The molecule has 1 amide bonds. The summed E-state index contributed by atoms with van der Waals surface area (Å²) in [5, 5.41) is 14.1. The first kappa shape index (κ1) is 21.3. The second kappa shape index (κ2) is 9.11. The van der Waals surface area contributed by atoms with E-state index in [9.17, 15) is 9.90 Å². The van der Waals surface area contributed by atoms with Crippen molar-refractivity contribution in [3.8, 4) is 11.3 Å². The summed E-state index contributed by atoms with van der Waals surface area (Å²) in [7, 11) is 0. The second-order valence-corrected chi connectivity index (χ2v) is 8.66. The Kier molecular flexibility index (Phi) is 5.88. The van der Waals surface area contributed by atoms with E-state index in [0.717, 1.165) is 41.0 Å². The minimum atomic E-state index is -0.851. The summed E-state index contributed by atoms with van der Waals surface area (Å²) in [5.41, 5.74) is 4.65. The van der Waals surface area contributed by atoms with Gasteiger partial charge in [-0.3, -0.25) is 0 Å². The normalized spacial score (nSPS) is 14.5. The molecule has 4 aromatic rings. The third-order valence-corrected chi connectivity index (χ3v) is 6.48. The van der Waals surface area contributed by atoms with E-state index in [1.54, 1.807) is 6.20 Å². The van der Waals surface area contributed by atoms with Gasteiger partial charge in [0.15, 0.2) is 0 Å². The third-order valence-electron chi connectivity index (χ3n) is 6.18. The van der Waals surface area contributed by atoms with Gasteiger partial charge in [0, 0.05) is 48.4 Å². The number of hydrogen-bond acceptors (Lipinski definition) is 4. The molecule has 168 valence electrons. The number of rotatable bonds is 5. The minimum absolute atomic E-state index is 0.268. The van der Waals surface area contributed by atoms with E-state index < -0.39 is 6.09 Å². The SMILES string of the molecule is O=C(O)N1CCC(c2cc3c(-c4nc(NCc5ccccc5)ccc4Cl)ccnc3[nH]2)CC1. The summed E-state index contributed by atoms with van der Waals surface area (Å²) < 4.78 is 0. The number of piperidine rings is 1. The number of fused-ring (bicyclic) bond motifs is 1. The standard InChI is InChI=1S/C25H24ClN5O2/c26-20-6-7-22(28-15-16-4-2-1-3-5-16)30-23(20)18-8-11-27-24-19(18)14-21(29-24)17-9-12-31(13-10-17)25(32)33/h1-8,11,14,17H,9-10,12-13,15H2,(H,27,29)(H,28,30)(H,32,33). The Morgan fingerprint density at radius 1 is 1.15 bits per heavy atom. The van der Waals surface area contributed by atoms with Crippen LogP contribution in [0.3, 0.4) is 0 Å². The highest BCUT2D eigenvalue weighted by Gasteiger charge is 2.25. The number of halogens is 1. The summed E-state index contributed by atoms with van der Waals surface area (Å²) >= 11 is 6.57. The van der Waals surface area contributed by atoms with E-state index in [1.165, 1.54) is 10.5 Å². The fraction of sp³-hybridized carbons (Fsp3) is 0.240. The van der Waals surface area contributed by atoms with Gasteiger partial charge in [0.25, 0.3) is 0 Å². The van der Waals surface area contributed by atoms with Crippen LogP contribution in [0.25, 0.3) is 22.3 Å². The molecule has 0 atom stereocenters. The lowest BCUT2D eigenvalue weighted by Gasteiger charge is -2.29. The highest BCUT2D eigenvalue weighted by Crippen LogP contribution is 2.36. The highest BCUT2D eigenvalue weighted by molar-refractivity contribution is 6.33. The molecule has 1 saturated heterocycles. The third kappa shape index (κ3) is 4.50. The zero-order valence-corrected chi connectivity index (χ0v) is 18.7. The summed E-state index contributed by atoms with van der Waals surface area (Å²) in [4.78, 5) is 25.4. The Morgan fingerprint density at radius 2 is 1.94 bits per heavy atom. The molecule has 5 rings (SSSR count). The van der Waals surface area contributed by atoms with Gasteiger partial charge in [0.1, 0.15) is 11.5 Å². The molecule has 8 heteroatoms. The maximum absolute atomic E-state index is 11.2. The number of anilines is 1. The number of aromatic amines is 1. The molecule has 0 unspecified atom stereocenters. The van der Waals surface area contributed by atoms with Gasteiger partial charge in [0.2, 0.25) is 0 Å². The fourth-order valence-corrected chi connectivity index (χ4v) is 4.58. The van der Waals surface area contributed by atoms with E-state index >= 15 is 0 Å². The van der Waals surface area contributed by atoms with Crippen molar-refractivity contribution in [2.75, 3.05) is 18.4 Å². The number of nitrogens with zero attached hydrogens (tertiary/aromatic N) is 3. The largest absolute Gasteiger partial charge is 0.465 e. The molecule has 3 aromatic heterocycles. The van der Waals surface area contributed by atoms with Crippen molar-refractivity contribution < 1.29 is 9.90 Å². The van der Waals surface area contributed by atoms with Crippen LogP contribution in [-0.4, -0.2) is 44.1 Å². The lowest BCUT2D eigenvalue weighted by atomic mass is 9.93. The molecule has 0 spiro atoms. The van der Waals surface area contributed by atoms with Gasteiger partial charge >= 0.3 is 6.09 Å². The first-order chi connectivity index (χ1) is 16.1. The Hall–Kier alpha value is -3.58. The number of benzene rings is 1. The smallest absolute Gasteiger partial charge is 0.407 e. The van der Waals surface area contributed by atoms with Gasteiger partial charge in [-0.25, -0.2) is 14.8 Å². The maximum atomic E-state index is 11.2. The molecule has 1 aromatic carbocycles. The molecule has 1 aliphatic heterocycles. The molecule has 4 heterocycles. The quantitative estimate of drug-likeness (QED) is 0.352. The van der Waals surface area contributed by atoms with Crippen LogP contribution >= 0.6 is 11.6 Å². The predicted octanol–water partition coefficient (Wildman–Crippen LogP) is 5.75. The molecule has 0 saturated carbocycles. The number of nitrogens with one attached hydrogen (secondary N) is 2. The lowest BCUT2D eigenvalue weighted by molar-refractivity contribution is 0.132. The lowest BCUT2D eigenvalue weighted by Crippen LogP contribution is -2.36. The molecule has 3 N–H and O–H groups in total. The number of likely N-dealkylation sites (tertiary alicyclic amines) is 1. The van der Waals surface area contributed by atoms with Gasteiger partial charge in [0.05, 0.1) is 10.7 Å². The van der Waals surface area contributed by atoms with E-state index in [2.05, 4.69) is 33.5 Å². The van der Waals surface area contributed by atoms with E-state index in [0.29, 0.717) is 30.4 Å². The van der Waals surface area contributed by atoms with Gasteiger partial charge in [-0.15, -0.1) is 0 Å². The van der Waals surface area contributed by atoms with Crippen LogP contribution in [0.5, 0.6) is 0 Å². The van der Waals surface area contributed by atoms with E-state index in [1.807, 2.05) is 36.4 Å². The van der Waals surface area contributed by atoms with E-state index in [-0.39, 0.29) is 5.92 Å². The van der Waals surface area contributed by atoms with Gasteiger partial charge in [-0.1, -0.05) is 41.9 Å². The first-order valence-electron chi connectivity index (χ1n) is 11.0. The molecular weight excluding hydrogens is 438 g/mol. The number of aromatic nitrogens is 3. The van der Waals surface area contributed by atoms with Crippen LogP contribution in [0, 0.1) is 0 Å². The zero-order chi connectivity index (χ0) is 22.8. The Bertz CT molecular complexity index is 1280. The van der Waals surface area contributed by atoms with Crippen LogP contribution < -0.4 is 5.32 Å². The Morgan fingerprint density at radius 3 is 2.70 bits per heavy atom. The van der Waals surface area contributed by atoms with Gasteiger partial charge in [-0.2, -0.15) is 0 Å². The first-order valence-corrected chi connectivity index (χ1v) is 11.4. The number of hydrogen-bond donors (Lipinski definition) is 3. The van der Waals surface area contributed by atoms with Crippen molar-refractivity contribution in [3.05, 3.63) is 77.1 Å². The number of pyridine rings is 2. The monoisotopic (exact) mass is 461 g/mol. The summed E-state index contributed by atoms with van der Waals surface area (Å²) in [6, 6.07) is 17.9. The number of carboxylic acid groups (broad SMARTS) is 1. The second-order valence-electron chi connectivity index (χ2n) is 8.26. The average molecular weight is 462 g/mol. The summed E-state index contributed by atoms with van der Waals surface area (Å²) in [6.45, 7) is 1.75. The predicted molar refractivity (Wildman–Crippen MR) is 130 cm³/mol. The molecule has 0 bridgehead atoms. The van der Waals surface area contributed by atoms with Crippen molar-refractivity contribution in [1.82, 2.24) is 19.9 Å². The van der Waals surface area contributed by atoms with Crippen molar-refractivity contribution in [2.24, 2.45) is 0 Å². The van der Waals surface area contributed by atoms with Crippen LogP contribution in [0.15, 0.2) is 60.8 Å². The topological polar surface area (TPSA) is 94.1 Å². The molecule has 7 nitrogen and oxygen atoms in total.